The highest BCUT2D eigenvalue weighted by atomic mass is 32.2. The Balaban J connectivity index is 1.78. The molecule has 0 heterocycles. The van der Waals surface area contributed by atoms with E-state index in [4.69, 9.17) is 9.47 Å². The van der Waals surface area contributed by atoms with E-state index in [1.54, 1.807) is 45.0 Å². The Morgan fingerprint density at radius 3 is 2.58 bits per heavy atom. The lowest BCUT2D eigenvalue weighted by atomic mass is 10.2. The minimum atomic E-state index is -3.26. The van der Waals surface area contributed by atoms with Gasteiger partial charge in [-0.1, -0.05) is 18.9 Å². The summed E-state index contributed by atoms with van der Waals surface area (Å²) in [6.45, 7) is 5.79. The molecule has 0 radical (unpaired) electrons. The highest BCUT2D eigenvalue weighted by Gasteiger charge is 2.28. The van der Waals surface area contributed by atoms with Crippen molar-refractivity contribution in [1.82, 2.24) is 4.72 Å². The molecule has 0 spiro atoms. The lowest BCUT2D eigenvalue weighted by Crippen LogP contribution is -2.35. The summed E-state index contributed by atoms with van der Waals surface area (Å²) >= 11 is 0. The first-order valence-corrected chi connectivity index (χ1v) is 10.4. The van der Waals surface area contributed by atoms with Crippen LogP contribution >= 0.6 is 0 Å². The highest BCUT2D eigenvalue weighted by molar-refractivity contribution is 7.90. The fourth-order valence-corrected chi connectivity index (χ4v) is 4.31. The van der Waals surface area contributed by atoms with Crippen molar-refractivity contribution in [2.75, 3.05) is 18.5 Å². The van der Waals surface area contributed by atoms with Crippen molar-refractivity contribution >= 4 is 21.8 Å². The van der Waals surface area contributed by atoms with Gasteiger partial charge in [0.2, 0.25) is 10.0 Å². The Kier molecular flexibility index (Phi) is 6.88. The van der Waals surface area contributed by atoms with Crippen LogP contribution in [0.3, 0.4) is 0 Å². The highest BCUT2D eigenvalue weighted by Crippen LogP contribution is 2.24. The molecule has 7 nitrogen and oxygen atoms in total. The van der Waals surface area contributed by atoms with Crippen LogP contribution in [0.5, 0.6) is 5.75 Å². The number of hydrogen-bond donors (Lipinski definition) is 2. The van der Waals surface area contributed by atoms with Crippen LogP contribution in [0.25, 0.3) is 0 Å². The number of carbonyl (C=O) groups is 1. The van der Waals surface area contributed by atoms with Crippen molar-refractivity contribution in [3.63, 3.8) is 0 Å². The number of hydrogen-bond acceptors (Lipinski definition) is 5. The zero-order chi connectivity index (χ0) is 19.2. The first-order valence-electron chi connectivity index (χ1n) is 8.87. The fraction of sp³-hybridized carbons (Fsp3) is 0.611. The topological polar surface area (TPSA) is 93.7 Å². The summed E-state index contributed by atoms with van der Waals surface area (Å²) < 4.78 is 37.6. The summed E-state index contributed by atoms with van der Waals surface area (Å²) in [7, 11) is -3.26. The Morgan fingerprint density at radius 1 is 1.23 bits per heavy atom. The van der Waals surface area contributed by atoms with E-state index in [1.807, 2.05) is 0 Å². The lowest BCUT2D eigenvalue weighted by Gasteiger charge is -2.19. The van der Waals surface area contributed by atoms with Crippen molar-refractivity contribution in [3.8, 4) is 5.75 Å². The quantitative estimate of drug-likeness (QED) is 0.704. The predicted octanol–water partition coefficient (Wildman–Crippen LogP) is 3.27. The number of anilines is 1. The smallest absolute Gasteiger partial charge is 0.412 e. The molecule has 0 saturated heterocycles. The molecule has 146 valence electrons. The maximum atomic E-state index is 12.1. The van der Waals surface area contributed by atoms with Crippen molar-refractivity contribution < 1.29 is 22.7 Å². The number of sulfonamides is 1. The monoisotopic (exact) mass is 384 g/mol. The van der Waals surface area contributed by atoms with Gasteiger partial charge in [-0.3, -0.25) is 5.32 Å². The number of carbonyl (C=O) groups excluding carboxylic acids is 1. The van der Waals surface area contributed by atoms with E-state index >= 15 is 0 Å². The second kappa shape index (κ2) is 8.73. The van der Waals surface area contributed by atoms with E-state index in [-0.39, 0.29) is 18.4 Å². The van der Waals surface area contributed by atoms with E-state index in [0.29, 0.717) is 11.4 Å². The Bertz CT molecular complexity index is 707. The van der Waals surface area contributed by atoms with Gasteiger partial charge in [-0.05, 0) is 45.7 Å². The third-order valence-corrected chi connectivity index (χ3v) is 5.85. The third-order valence-electron chi connectivity index (χ3n) is 3.89. The molecule has 1 aromatic carbocycles. The zero-order valence-electron chi connectivity index (χ0n) is 15.6. The van der Waals surface area contributed by atoms with E-state index in [2.05, 4.69) is 10.0 Å². The molecule has 0 aliphatic heterocycles. The molecule has 8 heteroatoms. The van der Waals surface area contributed by atoms with Gasteiger partial charge in [0.05, 0.1) is 5.25 Å². The van der Waals surface area contributed by atoms with Crippen LogP contribution < -0.4 is 14.8 Å². The molecule has 26 heavy (non-hydrogen) atoms. The zero-order valence-corrected chi connectivity index (χ0v) is 16.4. The van der Waals surface area contributed by atoms with Gasteiger partial charge >= 0.3 is 6.09 Å². The molecule has 1 aromatic rings. The van der Waals surface area contributed by atoms with Gasteiger partial charge in [0.1, 0.15) is 18.0 Å². The van der Waals surface area contributed by atoms with Gasteiger partial charge in [-0.15, -0.1) is 0 Å². The van der Waals surface area contributed by atoms with Crippen LogP contribution in [0, 0.1) is 0 Å². The number of rotatable bonds is 7. The Labute approximate surface area is 155 Å². The van der Waals surface area contributed by atoms with Crippen LogP contribution in [0.4, 0.5) is 10.5 Å². The average molecular weight is 384 g/mol. The molecule has 1 fully saturated rings. The minimum absolute atomic E-state index is 0.210. The van der Waals surface area contributed by atoms with Crippen molar-refractivity contribution in [3.05, 3.63) is 24.3 Å². The van der Waals surface area contributed by atoms with E-state index in [0.717, 1.165) is 25.7 Å². The molecule has 0 unspecified atom stereocenters. The molecular weight excluding hydrogens is 356 g/mol. The summed E-state index contributed by atoms with van der Waals surface area (Å²) in [6, 6.07) is 6.87. The largest absolute Gasteiger partial charge is 0.492 e. The molecule has 1 aliphatic carbocycles. The second-order valence-corrected chi connectivity index (χ2v) is 9.39. The first-order chi connectivity index (χ1) is 12.2. The fourth-order valence-electron chi connectivity index (χ4n) is 2.75. The molecular formula is C18H28N2O5S. The average Bonchev–Trinajstić information content (AvgIpc) is 3.05. The molecule has 1 aliphatic rings. The second-order valence-electron chi connectivity index (χ2n) is 7.35. The summed E-state index contributed by atoms with van der Waals surface area (Å²) in [6.07, 6.45) is 2.86. The molecule has 1 saturated carbocycles. The van der Waals surface area contributed by atoms with E-state index in [1.165, 1.54) is 0 Å². The third kappa shape index (κ3) is 6.84. The number of ether oxygens (including phenoxy) is 2. The summed E-state index contributed by atoms with van der Waals surface area (Å²) in [5, 5.41) is 2.36. The normalized spacial score (nSPS) is 15.7. The Morgan fingerprint density at radius 2 is 1.92 bits per heavy atom. The van der Waals surface area contributed by atoms with Crippen LogP contribution in [0.15, 0.2) is 24.3 Å². The van der Waals surface area contributed by atoms with Gasteiger partial charge < -0.3 is 9.47 Å². The van der Waals surface area contributed by atoms with Crippen molar-refractivity contribution in [1.29, 1.82) is 0 Å². The summed E-state index contributed by atoms with van der Waals surface area (Å²) in [4.78, 5) is 11.8. The summed E-state index contributed by atoms with van der Waals surface area (Å²) in [5.41, 5.74) is -0.0300. The van der Waals surface area contributed by atoms with Crippen LogP contribution in [-0.2, 0) is 14.8 Å². The lowest BCUT2D eigenvalue weighted by molar-refractivity contribution is 0.0636. The SMILES string of the molecule is CC(C)(C)OC(=O)Nc1cccc(OCCNS(=O)(=O)C2CCCC2)c1. The van der Waals surface area contributed by atoms with Gasteiger partial charge in [0.15, 0.2) is 0 Å². The van der Waals surface area contributed by atoms with Gasteiger partial charge in [-0.2, -0.15) is 0 Å². The molecule has 2 rings (SSSR count). The number of benzene rings is 1. The van der Waals surface area contributed by atoms with E-state index < -0.39 is 21.7 Å². The summed E-state index contributed by atoms with van der Waals surface area (Å²) in [5.74, 6) is 0.540. The maximum absolute atomic E-state index is 12.1. The van der Waals surface area contributed by atoms with Gasteiger partial charge in [-0.25, -0.2) is 17.9 Å². The number of nitrogens with one attached hydrogen (secondary N) is 2. The molecule has 0 atom stereocenters. The van der Waals surface area contributed by atoms with Gasteiger partial charge in [0.25, 0.3) is 0 Å². The molecule has 0 bridgehead atoms. The van der Waals surface area contributed by atoms with E-state index in [9.17, 15) is 13.2 Å². The first kappa shape index (κ1) is 20.5. The van der Waals surface area contributed by atoms with Gasteiger partial charge in [0, 0.05) is 18.3 Å². The Hall–Kier alpha value is -1.80. The maximum Gasteiger partial charge on any atom is 0.412 e. The van der Waals surface area contributed by atoms with Crippen molar-refractivity contribution in [2.45, 2.75) is 57.3 Å². The standard InChI is InChI=1S/C18H28N2O5S/c1-18(2,3)25-17(21)20-14-7-6-8-15(13-14)24-12-11-19-26(22,23)16-9-4-5-10-16/h6-8,13,16,19H,4-5,9-12H2,1-3H3,(H,20,21). The van der Waals surface area contributed by atoms with Crippen molar-refractivity contribution in [2.24, 2.45) is 0 Å². The van der Waals surface area contributed by atoms with Crippen LogP contribution in [0.1, 0.15) is 46.5 Å². The number of amides is 1. The minimum Gasteiger partial charge on any atom is -0.492 e. The molecule has 2 N–H and O–H groups in total. The molecule has 1 amide bonds. The molecule has 0 aromatic heterocycles. The van der Waals surface area contributed by atoms with Crippen LogP contribution in [-0.4, -0.2) is 38.5 Å². The van der Waals surface area contributed by atoms with Crippen LogP contribution in [0.2, 0.25) is 0 Å². The predicted molar refractivity (Wildman–Crippen MR) is 101 cm³/mol.